The second-order valence-corrected chi connectivity index (χ2v) is 5.81. The van der Waals surface area contributed by atoms with Crippen LogP contribution < -0.4 is 10.0 Å². The molecule has 0 aliphatic heterocycles. The molecule has 0 bridgehead atoms. The minimum atomic E-state index is -3.38. The fourth-order valence-corrected chi connectivity index (χ4v) is 3.13. The third kappa shape index (κ3) is 3.28. The van der Waals surface area contributed by atoms with Crippen molar-refractivity contribution in [2.75, 3.05) is 13.6 Å². The maximum atomic E-state index is 12.0. The van der Waals surface area contributed by atoms with Crippen LogP contribution in [0.15, 0.2) is 17.0 Å². The highest BCUT2D eigenvalue weighted by Gasteiger charge is 2.17. The highest BCUT2D eigenvalue weighted by atomic mass is 32.2. The van der Waals surface area contributed by atoms with Crippen molar-refractivity contribution in [1.82, 2.24) is 10.0 Å². The second-order valence-electron chi connectivity index (χ2n) is 4.08. The fraction of sp³-hybridized carbons (Fsp3) is 0.500. The predicted molar refractivity (Wildman–Crippen MR) is 69.5 cm³/mol. The molecule has 0 saturated heterocycles. The zero-order valence-electron chi connectivity index (χ0n) is 10.8. The maximum absolute atomic E-state index is 12.0. The van der Waals surface area contributed by atoms with E-state index in [4.69, 9.17) is 0 Å². The number of nitrogens with one attached hydrogen (secondary N) is 2. The van der Waals surface area contributed by atoms with Crippen molar-refractivity contribution in [2.45, 2.75) is 32.2 Å². The third-order valence-electron chi connectivity index (χ3n) is 2.62. The molecule has 0 unspecified atom stereocenters. The molecule has 1 rings (SSSR count). The van der Waals surface area contributed by atoms with Gasteiger partial charge in [-0.05, 0) is 43.7 Å². The predicted octanol–water partition coefficient (Wildman–Crippen LogP) is 1.32. The van der Waals surface area contributed by atoms with Gasteiger partial charge in [-0.1, -0.05) is 13.0 Å². The standard InChI is InChI=1S/C12H20N2O2S/c1-5-14-17(15,16)12-7-11(8-13-4)9(2)6-10(12)3/h6-7,13-14H,5,8H2,1-4H3. The van der Waals surface area contributed by atoms with Gasteiger partial charge >= 0.3 is 0 Å². The third-order valence-corrected chi connectivity index (χ3v) is 4.31. The molecule has 0 radical (unpaired) electrons. The highest BCUT2D eigenvalue weighted by Crippen LogP contribution is 2.20. The summed E-state index contributed by atoms with van der Waals surface area (Å²) in [6, 6.07) is 3.66. The molecule has 0 aliphatic carbocycles. The smallest absolute Gasteiger partial charge is 0.240 e. The van der Waals surface area contributed by atoms with E-state index in [9.17, 15) is 8.42 Å². The van der Waals surface area contributed by atoms with Crippen molar-refractivity contribution in [1.29, 1.82) is 0 Å². The summed E-state index contributed by atoms with van der Waals surface area (Å²) >= 11 is 0. The Labute approximate surface area is 103 Å². The lowest BCUT2D eigenvalue weighted by Gasteiger charge is -2.12. The van der Waals surface area contributed by atoms with Gasteiger partial charge in [0.25, 0.3) is 0 Å². The van der Waals surface area contributed by atoms with Crippen molar-refractivity contribution < 1.29 is 8.42 Å². The highest BCUT2D eigenvalue weighted by molar-refractivity contribution is 7.89. The first kappa shape index (κ1) is 14.2. The molecule has 0 atom stereocenters. The van der Waals surface area contributed by atoms with Gasteiger partial charge < -0.3 is 5.32 Å². The molecule has 0 aromatic heterocycles. The Bertz CT molecular complexity index is 495. The molecule has 0 heterocycles. The van der Waals surface area contributed by atoms with Crippen LogP contribution in [0.5, 0.6) is 0 Å². The molecule has 0 amide bonds. The van der Waals surface area contributed by atoms with E-state index in [1.165, 1.54) is 0 Å². The quantitative estimate of drug-likeness (QED) is 0.835. The SMILES string of the molecule is CCNS(=O)(=O)c1cc(CNC)c(C)cc1C. The van der Waals surface area contributed by atoms with E-state index in [2.05, 4.69) is 10.0 Å². The molecular formula is C12H20N2O2S. The Balaban J connectivity index is 3.29. The van der Waals surface area contributed by atoms with Gasteiger partial charge in [0.2, 0.25) is 10.0 Å². The Hall–Kier alpha value is -0.910. The molecule has 1 aromatic rings. The van der Waals surface area contributed by atoms with Crippen LogP contribution >= 0.6 is 0 Å². The number of sulfonamides is 1. The Kier molecular flexibility index (Phi) is 4.68. The molecule has 0 spiro atoms. The average molecular weight is 256 g/mol. The lowest BCUT2D eigenvalue weighted by atomic mass is 10.1. The first-order valence-electron chi connectivity index (χ1n) is 5.66. The summed E-state index contributed by atoms with van der Waals surface area (Å²) in [6.07, 6.45) is 0. The van der Waals surface area contributed by atoms with Crippen LogP contribution in [0.25, 0.3) is 0 Å². The monoisotopic (exact) mass is 256 g/mol. The fourth-order valence-electron chi connectivity index (χ4n) is 1.81. The van der Waals surface area contributed by atoms with Crippen molar-refractivity contribution in [3.05, 3.63) is 28.8 Å². The van der Waals surface area contributed by atoms with Crippen LogP contribution in [0.2, 0.25) is 0 Å². The van der Waals surface area contributed by atoms with Crippen molar-refractivity contribution in [3.63, 3.8) is 0 Å². The summed E-state index contributed by atoms with van der Waals surface area (Å²) in [5, 5.41) is 3.04. The molecular weight excluding hydrogens is 236 g/mol. The normalized spacial score (nSPS) is 11.8. The summed E-state index contributed by atoms with van der Waals surface area (Å²) < 4.78 is 26.5. The van der Waals surface area contributed by atoms with Gasteiger partial charge in [0, 0.05) is 13.1 Å². The second kappa shape index (κ2) is 5.62. The summed E-state index contributed by atoms with van der Waals surface area (Å²) in [4.78, 5) is 0.371. The Morgan fingerprint density at radius 2 is 1.82 bits per heavy atom. The molecule has 1 aromatic carbocycles. The topological polar surface area (TPSA) is 58.2 Å². The van der Waals surface area contributed by atoms with Crippen molar-refractivity contribution in [2.24, 2.45) is 0 Å². The Morgan fingerprint density at radius 1 is 1.18 bits per heavy atom. The molecule has 5 heteroatoms. The largest absolute Gasteiger partial charge is 0.316 e. The minimum absolute atomic E-state index is 0.371. The van der Waals surface area contributed by atoms with E-state index < -0.39 is 10.0 Å². The van der Waals surface area contributed by atoms with Gasteiger partial charge in [-0.3, -0.25) is 0 Å². The van der Waals surface area contributed by atoms with Crippen LogP contribution in [0.1, 0.15) is 23.6 Å². The van der Waals surface area contributed by atoms with E-state index >= 15 is 0 Å². The van der Waals surface area contributed by atoms with Gasteiger partial charge in [-0.15, -0.1) is 0 Å². The zero-order valence-corrected chi connectivity index (χ0v) is 11.6. The van der Waals surface area contributed by atoms with Crippen molar-refractivity contribution in [3.8, 4) is 0 Å². The number of rotatable bonds is 5. The van der Waals surface area contributed by atoms with E-state index in [0.717, 1.165) is 16.7 Å². The lowest BCUT2D eigenvalue weighted by molar-refractivity contribution is 0.583. The number of aryl methyl sites for hydroxylation is 2. The summed E-state index contributed by atoms with van der Waals surface area (Å²) in [6.45, 7) is 6.65. The molecule has 17 heavy (non-hydrogen) atoms. The molecule has 96 valence electrons. The zero-order chi connectivity index (χ0) is 13.1. The van der Waals surface area contributed by atoms with E-state index in [0.29, 0.717) is 18.0 Å². The summed E-state index contributed by atoms with van der Waals surface area (Å²) in [5.74, 6) is 0. The van der Waals surface area contributed by atoms with Crippen LogP contribution in [-0.4, -0.2) is 22.0 Å². The molecule has 0 aliphatic rings. The van der Waals surface area contributed by atoms with Gasteiger partial charge in [0.05, 0.1) is 4.90 Å². The first-order valence-corrected chi connectivity index (χ1v) is 7.15. The van der Waals surface area contributed by atoms with E-state index in [1.807, 2.05) is 27.0 Å². The first-order chi connectivity index (χ1) is 7.92. The molecule has 4 nitrogen and oxygen atoms in total. The van der Waals surface area contributed by atoms with Crippen molar-refractivity contribution >= 4 is 10.0 Å². The summed E-state index contributed by atoms with van der Waals surface area (Å²) in [7, 11) is -1.53. The van der Waals surface area contributed by atoms with Gasteiger partial charge in [-0.2, -0.15) is 0 Å². The average Bonchev–Trinajstić information content (AvgIpc) is 2.21. The van der Waals surface area contributed by atoms with E-state index in [-0.39, 0.29) is 0 Å². The molecule has 0 fully saturated rings. The van der Waals surface area contributed by atoms with Gasteiger partial charge in [0.15, 0.2) is 0 Å². The number of hydrogen-bond acceptors (Lipinski definition) is 3. The van der Waals surface area contributed by atoms with Crippen LogP contribution in [0, 0.1) is 13.8 Å². The molecule has 2 N–H and O–H groups in total. The summed E-state index contributed by atoms with van der Waals surface area (Å²) in [5.41, 5.74) is 2.89. The number of hydrogen-bond donors (Lipinski definition) is 2. The van der Waals surface area contributed by atoms with E-state index in [1.54, 1.807) is 13.0 Å². The Morgan fingerprint density at radius 3 is 2.35 bits per heavy atom. The van der Waals surface area contributed by atoms with Crippen LogP contribution in [0.3, 0.4) is 0 Å². The maximum Gasteiger partial charge on any atom is 0.240 e. The van der Waals surface area contributed by atoms with Crippen LogP contribution in [0.4, 0.5) is 0 Å². The lowest BCUT2D eigenvalue weighted by Crippen LogP contribution is -2.24. The van der Waals surface area contributed by atoms with Crippen LogP contribution in [-0.2, 0) is 16.6 Å². The van der Waals surface area contributed by atoms with Gasteiger partial charge in [0.1, 0.15) is 0 Å². The minimum Gasteiger partial charge on any atom is -0.316 e. The van der Waals surface area contributed by atoms with Gasteiger partial charge in [-0.25, -0.2) is 13.1 Å². The number of benzene rings is 1. The molecule has 0 saturated carbocycles.